The highest BCUT2D eigenvalue weighted by molar-refractivity contribution is 5.48. The van der Waals surface area contributed by atoms with Crippen LogP contribution in [0.5, 0.6) is 0 Å². The number of hydrogen-bond acceptors (Lipinski definition) is 5. The monoisotopic (exact) mass is 221 g/mol. The Morgan fingerprint density at radius 3 is 3.19 bits per heavy atom. The molecule has 1 saturated heterocycles. The van der Waals surface area contributed by atoms with Gasteiger partial charge in [0.1, 0.15) is 18.0 Å². The molecule has 16 heavy (non-hydrogen) atoms. The van der Waals surface area contributed by atoms with E-state index in [0.717, 1.165) is 31.3 Å². The third kappa shape index (κ3) is 2.41. The van der Waals surface area contributed by atoms with Crippen molar-refractivity contribution in [3.05, 3.63) is 12.4 Å². The summed E-state index contributed by atoms with van der Waals surface area (Å²) in [6.07, 6.45) is 4.03. The quantitative estimate of drug-likeness (QED) is 0.786. The maximum atomic E-state index is 5.73. The Labute approximate surface area is 96.1 Å². The molecule has 1 aromatic heterocycles. The Balaban J connectivity index is 2.10. The fraction of sp³-hybridized carbons (Fsp3) is 0.636. The van der Waals surface area contributed by atoms with E-state index in [2.05, 4.69) is 20.2 Å². The van der Waals surface area contributed by atoms with Crippen LogP contribution >= 0.6 is 0 Å². The second-order valence-corrected chi connectivity index (χ2v) is 4.20. The van der Waals surface area contributed by atoms with Crippen molar-refractivity contribution in [1.82, 2.24) is 9.97 Å². The molecule has 1 fully saturated rings. The predicted octanol–water partition coefficient (Wildman–Crippen LogP) is 0.693. The third-order valence-electron chi connectivity index (χ3n) is 3.09. The average molecular weight is 221 g/mol. The molecular weight excluding hydrogens is 202 g/mol. The van der Waals surface area contributed by atoms with E-state index in [1.54, 1.807) is 6.33 Å². The minimum Gasteiger partial charge on any atom is -0.373 e. The number of hydrogen-bond donors (Lipinski definition) is 2. The van der Waals surface area contributed by atoms with E-state index < -0.39 is 0 Å². The predicted molar refractivity (Wildman–Crippen MR) is 65.6 cm³/mol. The van der Waals surface area contributed by atoms with Gasteiger partial charge in [-0.2, -0.15) is 0 Å². The van der Waals surface area contributed by atoms with Crippen molar-refractivity contribution < 1.29 is 0 Å². The van der Waals surface area contributed by atoms with Crippen LogP contribution < -0.4 is 16.0 Å². The summed E-state index contributed by atoms with van der Waals surface area (Å²) in [7, 11) is 1.87. The lowest BCUT2D eigenvalue weighted by molar-refractivity contribution is 0.421. The average Bonchev–Trinajstić information content (AvgIpc) is 2.39. The molecule has 0 radical (unpaired) electrons. The van der Waals surface area contributed by atoms with E-state index in [1.165, 1.54) is 12.8 Å². The number of aromatic nitrogens is 2. The highest BCUT2D eigenvalue weighted by Crippen LogP contribution is 2.21. The molecule has 0 bridgehead atoms. The van der Waals surface area contributed by atoms with Gasteiger partial charge in [-0.15, -0.1) is 0 Å². The van der Waals surface area contributed by atoms with Crippen LogP contribution in [0.4, 0.5) is 11.6 Å². The fourth-order valence-corrected chi connectivity index (χ4v) is 2.12. The molecule has 1 atom stereocenters. The Hall–Kier alpha value is -1.36. The largest absolute Gasteiger partial charge is 0.373 e. The van der Waals surface area contributed by atoms with E-state index >= 15 is 0 Å². The van der Waals surface area contributed by atoms with Gasteiger partial charge in [-0.05, 0) is 25.3 Å². The van der Waals surface area contributed by atoms with Gasteiger partial charge in [0.2, 0.25) is 0 Å². The van der Waals surface area contributed by atoms with Crippen molar-refractivity contribution in [3.63, 3.8) is 0 Å². The summed E-state index contributed by atoms with van der Waals surface area (Å²) >= 11 is 0. The molecule has 2 heterocycles. The Morgan fingerprint density at radius 1 is 1.56 bits per heavy atom. The highest BCUT2D eigenvalue weighted by Gasteiger charge is 2.19. The van der Waals surface area contributed by atoms with E-state index in [9.17, 15) is 0 Å². The van der Waals surface area contributed by atoms with Crippen molar-refractivity contribution in [1.29, 1.82) is 0 Å². The zero-order chi connectivity index (χ0) is 11.4. The molecule has 2 rings (SSSR count). The molecule has 1 aliphatic heterocycles. The SMILES string of the molecule is CNc1cc(N2CCC[C@H](CN)C2)ncn1. The number of nitrogens with two attached hydrogens (primary N) is 1. The molecule has 3 N–H and O–H groups in total. The normalized spacial score (nSPS) is 20.9. The molecule has 0 aliphatic carbocycles. The molecule has 1 aromatic rings. The molecule has 5 nitrogen and oxygen atoms in total. The fourth-order valence-electron chi connectivity index (χ4n) is 2.12. The van der Waals surface area contributed by atoms with E-state index in [0.29, 0.717) is 5.92 Å². The zero-order valence-corrected chi connectivity index (χ0v) is 9.69. The van der Waals surface area contributed by atoms with Gasteiger partial charge in [-0.1, -0.05) is 0 Å². The van der Waals surface area contributed by atoms with E-state index in [-0.39, 0.29) is 0 Å². The van der Waals surface area contributed by atoms with Crippen molar-refractivity contribution in [2.24, 2.45) is 11.7 Å². The summed E-state index contributed by atoms with van der Waals surface area (Å²) in [4.78, 5) is 10.7. The molecular formula is C11H19N5. The van der Waals surface area contributed by atoms with Gasteiger partial charge in [0.25, 0.3) is 0 Å². The lowest BCUT2D eigenvalue weighted by Crippen LogP contribution is -2.38. The van der Waals surface area contributed by atoms with Crippen LogP contribution in [0.2, 0.25) is 0 Å². The van der Waals surface area contributed by atoms with E-state index in [4.69, 9.17) is 5.73 Å². The Morgan fingerprint density at radius 2 is 2.44 bits per heavy atom. The summed E-state index contributed by atoms with van der Waals surface area (Å²) in [6, 6.07) is 1.99. The standard InChI is InChI=1S/C11H19N5/c1-13-10-5-11(15-8-14-10)16-4-2-3-9(6-12)7-16/h5,8-9H,2-4,6-7,12H2,1H3,(H,13,14,15)/t9-/m1/s1. The third-order valence-corrected chi connectivity index (χ3v) is 3.09. The molecule has 0 saturated carbocycles. The number of anilines is 2. The summed E-state index contributed by atoms with van der Waals surface area (Å²) in [5.41, 5.74) is 5.73. The lowest BCUT2D eigenvalue weighted by atomic mass is 9.98. The van der Waals surface area contributed by atoms with Crippen LogP contribution in [0.15, 0.2) is 12.4 Å². The maximum absolute atomic E-state index is 5.73. The van der Waals surface area contributed by atoms with Crippen LogP contribution in [-0.4, -0.2) is 36.6 Å². The molecule has 1 aliphatic rings. The summed E-state index contributed by atoms with van der Waals surface area (Å²) in [5, 5.41) is 3.03. The topological polar surface area (TPSA) is 67.1 Å². The first-order valence-corrected chi connectivity index (χ1v) is 5.78. The summed E-state index contributed by atoms with van der Waals surface area (Å²) in [5.74, 6) is 2.46. The first-order valence-electron chi connectivity index (χ1n) is 5.78. The molecule has 0 spiro atoms. The van der Waals surface area contributed by atoms with Gasteiger partial charge < -0.3 is 16.0 Å². The highest BCUT2D eigenvalue weighted by atomic mass is 15.2. The second kappa shape index (κ2) is 5.12. The van der Waals surface area contributed by atoms with Gasteiger partial charge >= 0.3 is 0 Å². The van der Waals surface area contributed by atoms with Gasteiger partial charge in [-0.25, -0.2) is 9.97 Å². The minimum absolute atomic E-state index is 0.599. The lowest BCUT2D eigenvalue weighted by Gasteiger charge is -2.33. The second-order valence-electron chi connectivity index (χ2n) is 4.20. The Kier molecular flexibility index (Phi) is 3.56. The van der Waals surface area contributed by atoms with Crippen molar-refractivity contribution in [2.45, 2.75) is 12.8 Å². The van der Waals surface area contributed by atoms with Crippen LogP contribution in [0.25, 0.3) is 0 Å². The number of nitrogens with zero attached hydrogens (tertiary/aromatic N) is 3. The van der Waals surface area contributed by atoms with Crippen LogP contribution in [0.1, 0.15) is 12.8 Å². The summed E-state index contributed by atoms with van der Waals surface area (Å²) < 4.78 is 0. The molecule has 0 aromatic carbocycles. The van der Waals surface area contributed by atoms with Crippen molar-refractivity contribution >= 4 is 11.6 Å². The molecule has 88 valence electrons. The maximum Gasteiger partial charge on any atom is 0.134 e. The van der Waals surface area contributed by atoms with E-state index in [1.807, 2.05) is 13.1 Å². The van der Waals surface area contributed by atoms with Crippen molar-refractivity contribution in [3.8, 4) is 0 Å². The summed E-state index contributed by atoms with van der Waals surface area (Å²) in [6.45, 7) is 2.84. The number of piperidine rings is 1. The van der Waals surface area contributed by atoms with Gasteiger partial charge in [0.05, 0.1) is 0 Å². The zero-order valence-electron chi connectivity index (χ0n) is 9.69. The smallest absolute Gasteiger partial charge is 0.134 e. The molecule has 0 unspecified atom stereocenters. The van der Waals surface area contributed by atoms with Crippen LogP contribution in [0, 0.1) is 5.92 Å². The van der Waals surface area contributed by atoms with Gasteiger partial charge in [0, 0.05) is 26.2 Å². The number of rotatable bonds is 3. The van der Waals surface area contributed by atoms with Crippen LogP contribution in [0.3, 0.4) is 0 Å². The number of nitrogens with one attached hydrogen (secondary N) is 1. The van der Waals surface area contributed by atoms with Crippen LogP contribution in [-0.2, 0) is 0 Å². The minimum atomic E-state index is 0.599. The first-order chi connectivity index (χ1) is 7.83. The molecule has 0 amide bonds. The molecule has 5 heteroatoms. The van der Waals surface area contributed by atoms with Gasteiger partial charge in [-0.3, -0.25) is 0 Å². The Bertz CT molecular complexity index is 341. The first kappa shape index (κ1) is 11.1. The van der Waals surface area contributed by atoms with Gasteiger partial charge in [0.15, 0.2) is 0 Å². The van der Waals surface area contributed by atoms with Crippen molar-refractivity contribution in [2.75, 3.05) is 36.9 Å².